The van der Waals surface area contributed by atoms with Crippen molar-refractivity contribution in [1.29, 1.82) is 0 Å². The number of benzene rings is 1. The van der Waals surface area contributed by atoms with Gasteiger partial charge in [0.25, 0.3) is 0 Å². The molecule has 0 aliphatic rings. The minimum Gasteiger partial charge on any atom is -0.383 e. The van der Waals surface area contributed by atoms with Crippen LogP contribution in [0.25, 0.3) is 0 Å². The highest BCUT2D eigenvalue weighted by atomic mass is 35.5. The molecule has 21 heavy (non-hydrogen) atoms. The van der Waals surface area contributed by atoms with Gasteiger partial charge in [-0.1, -0.05) is 29.8 Å². The van der Waals surface area contributed by atoms with Gasteiger partial charge in [-0.3, -0.25) is 4.79 Å². The van der Waals surface area contributed by atoms with Crippen LogP contribution in [0.2, 0.25) is 0 Å². The summed E-state index contributed by atoms with van der Waals surface area (Å²) in [5, 5.41) is 6.08. The Bertz CT molecular complexity index is 405. The first-order chi connectivity index (χ1) is 9.72. The standard InChI is InChI=1S/C15H24N2O2S.ClH/c1-13-4-3-5-14(10-13)11-20-12-15(18)17-7-6-16-8-9-19-2;/h3-5,10,16H,6-9,11-12H2,1-2H3,(H,17,18);1H. The molecule has 0 aliphatic heterocycles. The summed E-state index contributed by atoms with van der Waals surface area (Å²) in [6.45, 7) is 5.03. The second kappa shape index (κ2) is 13.0. The topological polar surface area (TPSA) is 50.4 Å². The van der Waals surface area contributed by atoms with Crippen LogP contribution < -0.4 is 10.6 Å². The predicted octanol–water partition coefficient (Wildman–Crippen LogP) is 2.00. The quantitative estimate of drug-likeness (QED) is 0.643. The summed E-state index contributed by atoms with van der Waals surface area (Å²) >= 11 is 1.64. The summed E-state index contributed by atoms with van der Waals surface area (Å²) in [6, 6.07) is 8.39. The Kier molecular flexibility index (Phi) is 12.5. The fraction of sp³-hybridized carbons (Fsp3) is 0.533. The van der Waals surface area contributed by atoms with E-state index in [1.54, 1.807) is 18.9 Å². The fourth-order valence-electron chi connectivity index (χ4n) is 1.70. The molecule has 1 rings (SSSR count). The molecule has 0 heterocycles. The van der Waals surface area contributed by atoms with Gasteiger partial charge in [-0.2, -0.15) is 0 Å². The number of hydrogen-bond donors (Lipinski definition) is 2. The van der Waals surface area contributed by atoms with Gasteiger partial charge < -0.3 is 15.4 Å². The molecule has 0 unspecified atom stereocenters. The highest BCUT2D eigenvalue weighted by Crippen LogP contribution is 2.12. The van der Waals surface area contributed by atoms with Crippen molar-refractivity contribution < 1.29 is 9.53 Å². The lowest BCUT2D eigenvalue weighted by Gasteiger charge is -2.07. The van der Waals surface area contributed by atoms with Crippen LogP contribution in [0.5, 0.6) is 0 Å². The number of nitrogens with one attached hydrogen (secondary N) is 2. The monoisotopic (exact) mass is 332 g/mol. The average Bonchev–Trinajstić information content (AvgIpc) is 2.43. The maximum atomic E-state index is 11.6. The number of amides is 1. The average molecular weight is 333 g/mol. The molecule has 0 saturated carbocycles. The van der Waals surface area contributed by atoms with Gasteiger partial charge in [0.2, 0.25) is 5.91 Å². The summed E-state index contributed by atoms with van der Waals surface area (Å²) in [4.78, 5) is 11.6. The molecular formula is C15H25ClN2O2S. The minimum atomic E-state index is 0. The van der Waals surface area contributed by atoms with Gasteiger partial charge in [0.05, 0.1) is 12.4 Å². The van der Waals surface area contributed by atoms with Crippen LogP contribution in [0.4, 0.5) is 0 Å². The van der Waals surface area contributed by atoms with Crippen LogP contribution >= 0.6 is 24.2 Å². The molecule has 0 atom stereocenters. The van der Waals surface area contributed by atoms with Gasteiger partial charge in [-0.15, -0.1) is 24.2 Å². The Hall–Kier alpha value is -0.750. The van der Waals surface area contributed by atoms with Crippen LogP contribution in [0.1, 0.15) is 11.1 Å². The molecule has 0 aliphatic carbocycles. The van der Waals surface area contributed by atoms with Gasteiger partial charge >= 0.3 is 0 Å². The zero-order valence-corrected chi connectivity index (χ0v) is 14.3. The van der Waals surface area contributed by atoms with E-state index in [9.17, 15) is 4.79 Å². The summed E-state index contributed by atoms with van der Waals surface area (Å²) in [5.74, 6) is 1.48. The lowest BCUT2D eigenvalue weighted by molar-refractivity contribution is -0.118. The number of aryl methyl sites for hydroxylation is 1. The third-order valence-electron chi connectivity index (χ3n) is 2.69. The van der Waals surface area contributed by atoms with Gasteiger partial charge in [-0.05, 0) is 12.5 Å². The minimum absolute atomic E-state index is 0. The molecular weight excluding hydrogens is 308 g/mol. The number of carbonyl (C=O) groups is 1. The molecule has 0 saturated heterocycles. The van der Waals surface area contributed by atoms with Gasteiger partial charge in [0, 0.05) is 32.5 Å². The maximum Gasteiger partial charge on any atom is 0.230 e. The molecule has 1 aromatic rings. The third-order valence-corrected chi connectivity index (χ3v) is 3.70. The van der Waals surface area contributed by atoms with Gasteiger partial charge in [0.15, 0.2) is 0 Å². The van der Waals surface area contributed by atoms with Crippen molar-refractivity contribution in [1.82, 2.24) is 10.6 Å². The van der Waals surface area contributed by atoms with Crippen molar-refractivity contribution in [2.45, 2.75) is 12.7 Å². The molecule has 0 fully saturated rings. The summed E-state index contributed by atoms with van der Waals surface area (Å²) in [5.41, 5.74) is 2.53. The first-order valence-corrected chi connectivity index (χ1v) is 7.97. The van der Waals surface area contributed by atoms with Crippen molar-refractivity contribution in [2.24, 2.45) is 0 Å². The number of rotatable bonds is 10. The summed E-state index contributed by atoms with van der Waals surface area (Å²) in [7, 11) is 1.68. The number of ether oxygens (including phenoxy) is 1. The normalized spacial score (nSPS) is 10.0. The molecule has 1 amide bonds. The zero-order chi connectivity index (χ0) is 14.6. The Morgan fingerprint density at radius 2 is 2.10 bits per heavy atom. The number of hydrogen-bond acceptors (Lipinski definition) is 4. The molecule has 0 radical (unpaired) electrons. The van der Waals surface area contributed by atoms with Crippen LogP contribution in [0.3, 0.4) is 0 Å². The first kappa shape index (κ1) is 20.2. The van der Waals surface area contributed by atoms with Crippen LogP contribution in [-0.4, -0.2) is 45.0 Å². The van der Waals surface area contributed by atoms with E-state index in [0.717, 1.165) is 18.8 Å². The summed E-state index contributed by atoms with van der Waals surface area (Å²) < 4.78 is 4.92. The third kappa shape index (κ3) is 10.6. The second-order valence-electron chi connectivity index (χ2n) is 4.57. The maximum absolute atomic E-state index is 11.6. The van der Waals surface area contributed by atoms with Crippen molar-refractivity contribution >= 4 is 30.1 Å². The Morgan fingerprint density at radius 1 is 1.29 bits per heavy atom. The Morgan fingerprint density at radius 3 is 2.81 bits per heavy atom. The largest absolute Gasteiger partial charge is 0.383 e. The van der Waals surface area contributed by atoms with E-state index in [4.69, 9.17) is 4.74 Å². The molecule has 0 bridgehead atoms. The molecule has 1 aromatic carbocycles. The van der Waals surface area contributed by atoms with Crippen LogP contribution in [0, 0.1) is 6.92 Å². The highest BCUT2D eigenvalue weighted by molar-refractivity contribution is 7.99. The molecule has 2 N–H and O–H groups in total. The van der Waals surface area contributed by atoms with E-state index in [2.05, 4.69) is 41.8 Å². The highest BCUT2D eigenvalue weighted by Gasteiger charge is 2.01. The SMILES string of the molecule is COCCNCCNC(=O)CSCc1cccc(C)c1.Cl. The Balaban J connectivity index is 0.00000400. The van der Waals surface area contributed by atoms with Crippen molar-refractivity contribution in [3.63, 3.8) is 0 Å². The van der Waals surface area contributed by atoms with E-state index in [1.807, 2.05) is 0 Å². The molecule has 6 heteroatoms. The zero-order valence-electron chi connectivity index (χ0n) is 12.7. The van der Waals surface area contributed by atoms with E-state index in [0.29, 0.717) is 18.9 Å². The molecule has 0 aromatic heterocycles. The van der Waals surface area contributed by atoms with Gasteiger partial charge in [-0.25, -0.2) is 0 Å². The molecule has 4 nitrogen and oxygen atoms in total. The molecule has 0 spiro atoms. The number of methoxy groups -OCH3 is 1. The van der Waals surface area contributed by atoms with E-state index >= 15 is 0 Å². The predicted molar refractivity (Wildman–Crippen MR) is 92.3 cm³/mol. The fourth-order valence-corrected chi connectivity index (χ4v) is 2.51. The van der Waals surface area contributed by atoms with Crippen molar-refractivity contribution in [3.8, 4) is 0 Å². The van der Waals surface area contributed by atoms with E-state index in [1.165, 1.54) is 11.1 Å². The lowest BCUT2D eigenvalue weighted by Crippen LogP contribution is -2.33. The van der Waals surface area contributed by atoms with Crippen molar-refractivity contribution in [2.75, 3.05) is 39.1 Å². The summed E-state index contributed by atoms with van der Waals surface area (Å²) in [6.07, 6.45) is 0. The number of carbonyl (C=O) groups excluding carboxylic acids is 1. The number of thioether (sulfide) groups is 1. The molecule has 120 valence electrons. The van der Waals surface area contributed by atoms with Crippen LogP contribution in [-0.2, 0) is 15.3 Å². The van der Waals surface area contributed by atoms with E-state index in [-0.39, 0.29) is 18.3 Å². The lowest BCUT2D eigenvalue weighted by atomic mass is 10.2. The Labute approximate surface area is 137 Å². The van der Waals surface area contributed by atoms with E-state index < -0.39 is 0 Å². The smallest absolute Gasteiger partial charge is 0.230 e. The second-order valence-corrected chi connectivity index (χ2v) is 5.56. The number of halogens is 1. The van der Waals surface area contributed by atoms with Crippen molar-refractivity contribution in [3.05, 3.63) is 35.4 Å². The van der Waals surface area contributed by atoms with Gasteiger partial charge in [0.1, 0.15) is 0 Å². The first-order valence-electron chi connectivity index (χ1n) is 6.82. The van der Waals surface area contributed by atoms with Crippen LogP contribution in [0.15, 0.2) is 24.3 Å².